The highest BCUT2D eigenvalue weighted by Crippen LogP contribution is 2.43. The van der Waals surface area contributed by atoms with Crippen molar-refractivity contribution >= 4 is 6.29 Å². The summed E-state index contributed by atoms with van der Waals surface area (Å²) >= 11 is 0. The van der Waals surface area contributed by atoms with Gasteiger partial charge in [0.05, 0.1) is 12.7 Å². The van der Waals surface area contributed by atoms with Gasteiger partial charge in [0, 0.05) is 5.56 Å². The molecule has 2 nitrogen and oxygen atoms in total. The Hall–Kier alpha value is -1.73. The molecule has 0 unspecified atom stereocenters. The highest BCUT2D eigenvalue weighted by Gasteiger charge is 2.43. The van der Waals surface area contributed by atoms with Crippen LogP contribution in [-0.2, 0) is 12.4 Å². The molecule has 100 valence electrons. The van der Waals surface area contributed by atoms with Crippen molar-refractivity contribution in [2.75, 3.05) is 7.11 Å². The van der Waals surface area contributed by atoms with Crippen LogP contribution in [0.1, 0.15) is 21.5 Å². The lowest BCUT2D eigenvalue weighted by molar-refractivity contribution is -0.144. The van der Waals surface area contributed by atoms with Crippen molar-refractivity contribution in [3.63, 3.8) is 0 Å². The van der Waals surface area contributed by atoms with E-state index in [1.54, 1.807) is 0 Å². The number of ether oxygens (including phenoxy) is 1. The average molecular weight is 272 g/mol. The quantitative estimate of drug-likeness (QED) is 0.608. The molecular weight excluding hydrogens is 266 g/mol. The van der Waals surface area contributed by atoms with E-state index in [4.69, 9.17) is 0 Å². The molecule has 0 fully saturated rings. The second kappa shape index (κ2) is 4.51. The van der Waals surface area contributed by atoms with Gasteiger partial charge in [-0.05, 0) is 12.1 Å². The number of methoxy groups -OCH3 is 1. The van der Waals surface area contributed by atoms with Gasteiger partial charge < -0.3 is 4.74 Å². The summed E-state index contributed by atoms with van der Waals surface area (Å²) in [5.41, 5.74) is -4.85. The molecule has 0 N–H and O–H groups in total. The molecule has 0 saturated carbocycles. The van der Waals surface area contributed by atoms with Crippen molar-refractivity contribution in [3.05, 3.63) is 28.8 Å². The zero-order chi connectivity index (χ0) is 14.1. The Kier molecular flexibility index (Phi) is 3.59. The Morgan fingerprint density at radius 1 is 1.06 bits per heavy atom. The van der Waals surface area contributed by atoms with Gasteiger partial charge in [-0.15, -0.1) is 0 Å². The summed E-state index contributed by atoms with van der Waals surface area (Å²) in [4.78, 5) is 10.6. The fourth-order valence-electron chi connectivity index (χ4n) is 1.43. The third-order valence-corrected chi connectivity index (χ3v) is 2.13. The molecule has 1 rings (SSSR count). The molecule has 0 radical (unpaired) electrons. The first-order valence-corrected chi connectivity index (χ1v) is 4.43. The summed E-state index contributed by atoms with van der Waals surface area (Å²) in [5, 5.41) is 0. The summed E-state index contributed by atoms with van der Waals surface area (Å²) in [5.74, 6) is -0.836. The monoisotopic (exact) mass is 272 g/mol. The van der Waals surface area contributed by atoms with Gasteiger partial charge in [-0.25, -0.2) is 0 Å². The zero-order valence-corrected chi connectivity index (χ0v) is 8.82. The second-order valence-electron chi connectivity index (χ2n) is 3.22. The maximum Gasteiger partial charge on any atom is 0.420 e. The summed E-state index contributed by atoms with van der Waals surface area (Å²) in [6.45, 7) is 0. The Balaban J connectivity index is 3.69. The van der Waals surface area contributed by atoms with E-state index < -0.39 is 41.1 Å². The molecular formula is C10H6F6O2. The number of alkyl halides is 6. The van der Waals surface area contributed by atoms with Crippen LogP contribution in [0.15, 0.2) is 12.1 Å². The Labute approximate surface area is 97.2 Å². The van der Waals surface area contributed by atoms with Crippen LogP contribution in [0.5, 0.6) is 5.75 Å². The summed E-state index contributed by atoms with van der Waals surface area (Å²) in [7, 11) is 0.867. The van der Waals surface area contributed by atoms with Crippen molar-refractivity contribution in [1.82, 2.24) is 0 Å². The fraction of sp³-hybridized carbons (Fsp3) is 0.300. The number of hydrogen-bond donors (Lipinski definition) is 0. The molecule has 0 atom stereocenters. The Morgan fingerprint density at radius 3 is 1.94 bits per heavy atom. The molecule has 0 aliphatic carbocycles. The van der Waals surface area contributed by atoms with Crippen molar-refractivity contribution in [3.8, 4) is 5.75 Å². The van der Waals surface area contributed by atoms with Gasteiger partial charge in [0.2, 0.25) is 0 Å². The van der Waals surface area contributed by atoms with Crippen molar-refractivity contribution in [2.24, 2.45) is 0 Å². The van der Waals surface area contributed by atoms with Crippen LogP contribution in [0.3, 0.4) is 0 Å². The van der Waals surface area contributed by atoms with Crippen LogP contribution in [0.2, 0.25) is 0 Å². The zero-order valence-electron chi connectivity index (χ0n) is 8.82. The normalized spacial score (nSPS) is 12.4. The lowest BCUT2D eigenvalue weighted by Gasteiger charge is -2.18. The first-order chi connectivity index (χ1) is 8.12. The van der Waals surface area contributed by atoms with E-state index in [1.807, 2.05) is 0 Å². The van der Waals surface area contributed by atoms with Crippen LogP contribution in [-0.4, -0.2) is 13.4 Å². The van der Waals surface area contributed by atoms with Crippen LogP contribution < -0.4 is 4.74 Å². The molecule has 1 aromatic carbocycles. The maximum atomic E-state index is 12.6. The van der Waals surface area contributed by atoms with Gasteiger partial charge in [0.15, 0.2) is 6.29 Å². The molecule has 0 aliphatic heterocycles. The van der Waals surface area contributed by atoms with E-state index in [1.165, 1.54) is 0 Å². The van der Waals surface area contributed by atoms with Crippen LogP contribution in [0, 0.1) is 0 Å². The van der Waals surface area contributed by atoms with Crippen molar-refractivity contribution < 1.29 is 35.9 Å². The number of carbonyl (C=O) groups is 1. The minimum Gasteiger partial charge on any atom is -0.496 e. The van der Waals surface area contributed by atoms with Crippen LogP contribution >= 0.6 is 0 Å². The molecule has 0 aliphatic rings. The molecule has 0 bridgehead atoms. The predicted octanol–water partition coefficient (Wildman–Crippen LogP) is 3.55. The number of aldehydes is 1. The maximum absolute atomic E-state index is 12.6. The van der Waals surface area contributed by atoms with Gasteiger partial charge in [0.1, 0.15) is 11.3 Å². The van der Waals surface area contributed by atoms with E-state index in [-0.39, 0.29) is 0 Å². The number of hydrogen-bond acceptors (Lipinski definition) is 2. The van der Waals surface area contributed by atoms with E-state index in [0.29, 0.717) is 12.1 Å². The van der Waals surface area contributed by atoms with E-state index in [2.05, 4.69) is 4.74 Å². The first kappa shape index (κ1) is 14.3. The van der Waals surface area contributed by atoms with Gasteiger partial charge in [0.25, 0.3) is 0 Å². The SMILES string of the molecule is COc1ccc(C(F)(F)F)c(C=O)c1C(F)(F)F. The van der Waals surface area contributed by atoms with Gasteiger partial charge >= 0.3 is 12.4 Å². The van der Waals surface area contributed by atoms with Gasteiger partial charge in [-0.1, -0.05) is 0 Å². The first-order valence-electron chi connectivity index (χ1n) is 4.43. The van der Waals surface area contributed by atoms with E-state index in [9.17, 15) is 31.1 Å². The largest absolute Gasteiger partial charge is 0.496 e. The number of carbonyl (C=O) groups excluding carboxylic acids is 1. The molecule has 0 aromatic heterocycles. The predicted molar refractivity (Wildman–Crippen MR) is 48.4 cm³/mol. The minimum atomic E-state index is -5.12. The minimum absolute atomic E-state index is 0.373. The summed E-state index contributed by atoms with van der Waals surface area (Å²) in [6, 6.07) is 0.899. The average Bonchev–Trinajstić information content (AvgIpc) is 2.24. The third-order valence-electron chi connectivity index (χ3n) is 2.13. The topological polar surface area (TPSA) is 26.3 Å². The Morgan fingerprint density at radius 2 is 1.61 bits per heavy atom. The molecule has 1 aromatic rings. The second-order valence-corrected chi connectivity index (χ2v) is 3.22. The number of rotatable bonds is 2. The molecule has 0 spiro atoms. The standard InChI is InChI=1S/C10H6F6O2/c1-18-7-3-2-6(9(11,12)13)5(4-17)8(7)10(14,15)16/h2-4H,1H3. The molecule has 18 heavy (non-hydrogen) atoms. The van der Waals surface area contributed by atoms with E-state index >= 15 is 0 Å². The van der Waals surface area contributed by atoms with Gasteiger partial charge in [-0.3, -0.25) is 4.79 Å². The molecule has 0 amide bonds. The Bertz CT molecular complexity index is 461. The number of halogens is 6. The van der Waals surface area contributed by atoms with Crippen molar-refractivity contribution in [1.29, 1.82) is 0 Å². The molecule has 8 heteroatoms. The lowest BCUT2D eigenvalue weighted by Crippen LogP contribution is -2.17. The van der Waals surface area contributed by atoms with Crippen LogP contribution in [0.25, 0.3) is 0 Å². The molecule has 0 saturated heterocycles. The lowest BCUT2D eigenvalue weighted by atomic mass is 10.00. The number of benzene rings is 1. The highest BCUT2D eigenvalue weighted by molar-refractivity contribution is 5.82. The smallest absolute Gasteiger partial charge is 0.420 e. The summed E-state index contributed by atoms with van der Waals surface area (Å²) < 4.78 is 79.7. The van der Waals surface area contributed by atoms with Crippen molar-refractivity contribution in [2.45, 2.75) is 12.4 Å². The third kappa shape index (κ3) is 2.57. The highest BCUT2D eigenvalue weighted by atomic mass is 19.4. The summed E-state index contributed by atoms with van der Waals surface area (Å²) in [6.07, 6.45) is -10.7. The van der Waals surface area contributed by atoms with Crippen LogP contribution in [0.4, 0.5) is 26.3 Å². The fourth-order valence-corrected chi connectivity index (χ4v) is 1.43. The van der Waals surface area contributed by atoms with Gasteiger partial charge in [-0.2, -0.15) is 26.3 Å². The molecule has 0 heterocycles. The van der Waals surface area contributed by atoms with E-state index in [0.717, 1.165) is 7.11 Å².